The number of aliphatic hydroxyl groups is 1. The normalized spacial score (nSPS) is 15.0. The van der Waals surface area contributed by atoms with Gasteiger partial charge in [-0.2, -0.15) is 0 Å². The van der Waals surface area contributed by atoms with Crippen LogP contribution in [0.4, 0.5) is 0 Å². The molecule has 0 radical (unpaired) electrons. The minimum atomic E-state index is 0.255. The Morgan fingerprint density at radius 1 is 2.00 bits per heavy atom. The second-order valence-corrected chi connectivity index (χ2v) is 2.46. The molecule has 0 fully saturated rings. The highest BCUT2D eigenvalue weighted by Gasteiger charge is 1.86. The first-order chi connectivity index (χ1) is 2.81. The van der Waals surface area contributed by atoms with Gasteiger partial charge in [0.15, 0.2) is 0 Å². The van der Waals surface area contributed by atoms with E-state index in [9.17, 15) is 0 Å². The highest BCUT2D eigenvalue weighted by molar-refractivity contribution is 7.37. The van der Waals surface area contributed by atoms with E-state index in [0.29, 0.717) is 5.66 Å². The molecule has 1 atom stereocenters. The number of aliphatic hydroxyl groups excluding tert-OH is 1. The Kier molecular flexibility index (Phi) is 3.40. The van der Waals surface area contributed by atoms with Crippen LogP contribution in [0, 0.1) is 0 Å². The summed E-state index contributed by atoms with van der Waals surface area (Å²) >= 11 is 0. The molecule has 0 amide bonds. The predicted octanol–water partition coefficient (Wildman–Crippen LogP) is 0.745. The zero-order chi connectivity index (χ0) is 4.99. The molecule has 0 aliphatic rings. The van der Waals surface area contributed by atoms with Gasteiger partial charge in [-0.3, -0.25) is 0 Å². The quantitative estimate of drug-likeness (QED) is 0.512. The minimum absolute atomic E-state index is 0.255. The topological polar surface area (TPSA) is 20.2 Å². The Morgan fingerprint density at radius 3 is 2.50 bits per heavy atom. The average Bonchev–Trinajstić information content (AvgIpc) is 1.65. The lowest BCUT2D eigenvalue weighted by Gasteiger charge is -1.92. The molecule has 0 spiro atoms. The van der Waals surface area contributed by atoms with E-state index in [0.717, 1.165) is 8.20 Å². The van der Waals surface area contributed by atoms with Crippen LogP contribution in [-0.2, 0) is 0 Å². The van der Waals surface area contributed by atoms with E-state index in [1.165, 1.54) is 0 Å². The van der Waals surface area contributed by atoms with Crippen molar-refractivity contribution in [2.45, 2.75) is 12.6 Å². The van der Waals surface area contributed by atoms with Crippen LogP contribution in [-0.4, -0.2) is 23.7 Å². The Morgan fingerprint density at radius 2 is 2.50 bits per heavy atom. The van der Waals surface area contributed by atoms with Crippen molar-refractivity contribution in [1.29, 1.82) is 0 Å². The minimum Gasteiger partial charge on any atom is -0.395 e. The van der Waals surface area contributed by atoms with Crippen molar-refractivity contribution >= 4 is 14.5 Å². The molecule has 36 valence electrons. The third-order valence-corrected chi connectivity index (χ3v) is 1.36. The maximum Gasteiger partial charge on any atom is 0.0532 e. The number of hydrogen-bond acceptors (Lipinski definition) is 1. The van der Waals surface area contributed by atoms with Gasteiger partial charge in [0.2, 0.25) is 0 Å². The lowest BCUT2D eigenvalue weighted by atomic mass is 10.5. The molecule has 6 heavy (non-hydrogen) atoms. The van der Waals surface area contributed by atoms with E-state index in [1.54, 1.807) is 0 Å². The van der Waals surface area contributed by atoms with Crippen molar-refractivity contribution in [2.24, 2.45) is 0 Å². The summed E-state index contributed by atoms with van der Waals surface area (Å²) in [6.07, 6.45) is 3.57. The predicted molar refractivity (Wildman–Crippen MR) is 30.6 cm³/mol. The van der Waals surface area contributed by atoms with Crippen molar-refractivity contribution in [3.8, 4) is 0 Å². The standard InChI is InChI=1S/C4H9OP/c1-4(3-5)6-2/h4-5H,2-3H2,1H3. The van der Waals surface area contributed by atoms with Gasteiger partial charge in [0.05, 0.1) is 6.61 Å². The van der Waals surface area contributed by atoms with Crippen molar-refractivity contribution in [3.63, 3.8) is 0 Å². The molecule has 0 aliphatic heterocycles. The zero-order valence-corrected chi connectivity index (χ0v) is 4.78. The third-order valence-electron chi connectivity index (χ3n) is 0.576. The van der Waals surface area contributed by atoms with Gasteiger partial charge in [-0.25, -0.2) is 0 Å². The average molecular weight is 104 g/mol. The summed E-state index contributed by atoms with van der Waals surface area (Å²) in [5.74, 6) is 0. The summed E-state index contributed by atoms with van der Waals surface area (Å²) < 4.78 is 0. The van der Waals surface area contributed by atoms with Crippen LogP contribution in [0.15, 0.2) is 0 Å². The van der Waals surface area contributed by atoms with Crippen LogP contribution >= 0.6 is 8.20 Å². The van der Waals surface area contributed by atoms with Crippen molar-refractivity contribution in [1.82, 2.24) is 0 Å². The molecule has 0 aliphatic carbocycles. The molecular weight excluding hydrogens is 95.0 g/mol. The maximum absolute atomic E-state index is 8.29. The van der Waals surface area contributed by atoms with Crippen molar-refractivity contribution in [3.05, 3.63) is 0 Å². The summed E-state index contributed by atoms with van der Waals surface area (Å²) in [5, 5.41) is 8.29. The number of rotatable bonds is 2. The lowest BCUT2D eigenvalue weighted by molar-refractivity contribution is 0.299. The molecule has 0 heterocycles. The van der Waals surface area contributed by atoms with Gasteiger partial charge in [0.25, 0.3) is 0 Å². The zero-order valence-electron chi connectivity index (χ0n) is 3.89. The van der Waals surface area contributed by atoms with Crippen LogP contribution in [0.3, 0.4) is 0 Å². The first-order valence-corrected chi connectivity index (χ1v) is 3.03. The molecule has 0 saturated heterocycles. The van der Waals surface area contributed by atoms with Crippen LogP contribution < -0.4 is 0 Å². The molecule has 0 bridgehead atoms. The maximum atomic E-state index is 8.29. The van der Waals surface area contributed by atoms with Gasteiger partial charge in [-0.15, -0.1) is 8.20 Å². The van der Waals surface area contributed by atoms with Gasteiger partial charge in [-0.05, 0) is 0 Å². The van der Waals surface area contributed by atoms with E-state index >= 15 is 0 Å². The SMILES string of the molecule is C=PC(C)CO. The largest absolute Gasteiger partial charge is 0.395 e. The first kappa shape index (κ1) is 6.13. The van der Waals surface area contributed by atoms with Gasteiger partial charge < -0.3 is 5.11 Å². The van der Waals surface area contributed by atoms with Crippen molar-refractivity contribution in [2.75, 3.05) is 6.61 Å². The number of hydrogen-bond donors (Lipinski definition) is 1. The monoisotopic (exact) mass is 104 g/mol. The molecule has 0 rings (SSSR count). The summed E-state index contributed by atoms with van der Waals surface area (Å²) in [7, 11) is 1.03. The van der Waals surface area contributed by atoms with Gasteiger partial charge in [-0.1, -0.05) is 13.2 Å². The van der Waals surface area contributed by atoms with E-state index < -0.39 is 0 Å². The molecule has 1 nitrogen and oxygen atoms in total. The smallest absolute Gasteiger partial charge is 0.0532 e. The van der Waals surface area contributed by atoms with Gasteiger partial charge in [0.1, 0.15) is 0 Å². The first-order valence-electron chi connectivity index (χ1n) is 1.88. The van der Waals surface area contributed by atoms with E-state index in [2.05, 4.69) is 6.30 Å². The fraction of sp³-hybridized carbons (Fsp3) is 0.750. The van der Waals surface area contributed by atoms with Crippen LogP contribution in [0.5, 0.6) is 0 Å². The second-order valence-electron chi connectivity index (χ2n) is 1.21. The second kappa shape index (κ2) is 3.32. The molecule has 2 heteroatoms. The van der Waals surface area contributed by atoms with Crippen molar-refractivity contribution < 1.29 is 5.11 Å². The highest BCUT2D eigenvalue weighted by atomic mass is 31.1. The molecule has 0 aromatic heterocycles. The van der Waals surface area contributed by atoms with E-state index in [-0.39, 0.29) is 6.61 Å². The summed E-state index contributed by atoms with van der Waals surface area (Å²) in [6.45, 7) is 2.21. The summed E-state index contributed by atoms with van der Waals surface area (Å²) in [5.41, 5.74) is 0.352. The molecule has 1 N–H and O–H groups in total. The summed E-state index contributed by atoms with van der Waals surface area (Å²) in [4.78, 5) is 0. The molecule has 0 aromatic rings. The van der Waals surface area contributed by atoms with E-state index in [1.807, 2.05) is 6.92 Å². The Hall–Kier alpha value is 0.130. The lowest BCUT2D eigenvalue weighted by Crippen LogP contribution is -1.95. The fourth-order valence-corrected chi connectivity index (χ4v) is 0.173. The highest BCUT2D eigenvalue weighted by Crippen LogP contribution is 2.00. The summed E-state index contributed by atoms with van der Waals surface area (Å²) in [6, 6.07) is 0. The Bertz CT molecular complexity index is 44.8. The van der Waals surface area contributed by atoms with Crippen LogP contribution in [0.2, 0.25) is 0 Å². The third kappa shape index (κ3) is 2.37. The van der Waals surface area contributed by atoms with Gasteiger partial charge >= 0.3 is 0 Å². The fourth-order valence-electron chi connectivity index (χ4n) is 0.0577. The molecule has 1 unspecified atom stereocenters. The van der Waals surface area contributed by atoms with Crippen LogP contribution in [0.25, 0.3) is 0 Å². The van der Waals surface area contributed by atoms with Gasteiger partial charge in [0, 0.05) is 5.66 Å². The van der Waals surface area contributed by atoms with E-state index in [4.69, 9.17) is 5.11 Å². The molecule has 0 aromatic carbocycles. The Labute approximate surface area is 39.8 Å². The molecular formula is C4H9OP. The molecule has 0 saturated carbocycles. The van der Waals surface area contributed by atoms with Crippen LogP contribution in [0.1, 0.15) is 6.92 Å². The Balaban J connectivity index is 2.96.